The summed E-state index contributed by atoms with van der Waals surface area (Å²) in [4.78, 5) is 4.72. The molecule has 0 aliphatic heterocycles. The summed E-state index contributed by atoms with van der Waals surface area (Å²) in [5.74, 6) is 0. The Labute approximate surface area is 126 Å². The van der Waals surface area contributed by atoms with Crippen molar-refractivity contribution in [2.24, 2.45) is 0 Å². The first-order valence-corrected chi connectivity index (χ1v) is 7.99. The Morgan fingerprint density at radius 3 is 2.65 bits per heavy atom. The third kappa shape index (κ3) is 3.90. The van der Waals surface area contributed by atoms with Gasteiger partial charge in [0.05, 0.1) is 5.69 Å². The van der Waals surface area contributed by atoms with Crippen LogP contribution in [0.4, 0.5) is 0 Å². The van der Waals surface area contributed by atoms with Crippen molar-refractivity contribution >= 4 is 11.3 Å². The number of nitrogens with one attached hydrogen (secondary N) is 1. The summed E-state index contributed by atoms with van der Waals surface area (Å²) in [7, 11) is 0. The van der Waals surface area contributed by atoms with Crippen LogP contribution in [0, 0.1) is 6.92 Å². The van der Waals surface area contributed by atoms with Crippen LogP contribution in [0.5, 0.6) is 0 Å². The van der Waals surface area contributed by atoms with Crippen LogP contribution in [0.2, 0.25) is 0 Å². The first kappa shape index (κ1) is 15.2. The summed E-state index contributed by atoms with van der Waals surface area (Å²) < 4.78 is 0. The Morgan fingerprint density at radius 1 is 1.30 bits per heavy atom. The number of aromatic nitrogens is 1. The average Bonchev–Trinajstić information content (AvgIpc) is 2.84. The minimum atomic E-state index is 0.136. The van der Waals surface area contributed by atoms with E-state index in [1.165, 1.54) is 16.8 Å². The Kier molecular flexibility index (Phi) is 4.61. The maximum atomic E-state index is 4.72. The second-order valence-corrected chi connectivity index (χ2v) is 7.34. The molecule has 0 unspecified atom stereocenters. The van der Waals surface area contributed by atoms with Gasteiger partial charge in [0.25, 0.3) is 0 Å². The van der Waals surface area contributed by atoms with Crippen LogP contribution in [0.15, 0.2) is 29.6 Å². The highest BCUT2D eigenvalue weighted by Crippen LogP contribution is 2.24. The fraction of sp³-hybridized carbons (Fsp3) is 0.471. The highest BCUT2D eigenvalue weighted by Gasteiger charge is 2.17. The summed E-state index contributed by atoms with van der Waals surface area (Å²) in [6, 6.07) is 9.00. The van der Waals surface area contributed by atoms with Gasteiger partial charge >= 0.3 is 0 Å². The van der Waals surface area contributed by atoms with Crippen molar-refractivity contribution in [2.75, 3.05) is 0 Å². The summed E-state index contributed by atoms with van der Waals surface area (Å²) in [5, 5.41) is 6.89. The van der Waals surface area contributed by atoms with Crippen LogP contribution in [-0.2, 0) is 12.0 Å². The molecule has 0 aliphatic carbocycles. The van der Waals surface area contributed by atoms with E-state index >= 15 is 0 Å². The van der Waals surface area contributed by atoms with Crippen LogP contribution in [0.25, 0.3) is 0 Å². The SMILES string of the molecule is Cc1cccc([C@@H](C)NCc2nc(C(C)(C)C)cs2)c1. The van der Waals surface area contributed by atoms with Crippen LogP contribution < -0.4 is 5.32 Å². The molecule has 1 aromatic heterocycles. The summed E-state index contributed by atoms with van der Waals surface area (Å²) in [5.41, 5.74) is 3.96. The van der Waals surface area contributed by atoms with Gasteiger partial charge in [-0.05, 0) is 19.4 Å². The first-order valence-electron chi connectivity index (χ1n) is 7.11. The van der Waals surface area contributed by atoms with Crippen molar-refractivity contribution < 1.29 is 0 Å². The van der Waals surface area contributed by atoms with Crippen LogP contribution in [0.1, 0.15) is 55.6 Å². The third-order valence-electron chi connectivity index (χ3n) is 3.42. The zero-order chi connectivity index (χ0) is 14.8. The van der Waals surface area contributed by atoms with Gasteiger partial charge in [0.15, 0.2) is 0 Å². The smallest absolute Gasteiger partial charge is 0.107 e. The molecule has 2 aromatic rings. The van der Waals surface area contributed by atoms with E-state index in [0.29, 0.717) is 6.04 Å². The highest BCUT2D eigenvalue weighted by atomic mass is 32.1. The van der Waals surface area contributed by atoms with Gasteiger partial charge in [0.1, 0.15) is 5.01 Å². The van der Waals surface area contributed by atoms with E-state index < -0.39 is 0 Å². The van der Waals surface area contributed by atoms with E-state index in [2.05, 4.69) is 69.6 Å². The predicted octanol–water partition coefficient (Wildman–Crippen LogP) is 4.60. The molecule has 0 aliphatic rings. The third-order valence-corrected chi connectivity index (χ3v) is 4.27. The molecule has 1 N–H and O–H groups in total. The molecule has 2 rings (SSSR count). The largest absolute Gasteiger partial charge is 0.304 e. The van der Waals surface area contributed by atoms with E-state index in [1.807, 2.05) is 0 Å². The first-order chi connectivity index (χ1) is 9.36. The van der Waals surface area contributed by atoms with Gasteiger partial charge in [-0.3, -0.25) is 0 Å². The molecule has 1 aromatic carbocycles. The fourth-order valence-corrected chi connectivity index (χ4v) is 3.01. The lowest BCUT2D eigenvalue weighted by atomic mass is 9.93. The molecule has 0 spiro atoms. The molecule has 0 amide bonds. The van der Waals surface area contributed by atoms with Crippen LogP contribution >= 0.6 is 11.3 Å². The molecule has 0 fully saturated rings. The van der Waals surface area contributed by atoms with Gasteiger partial charge in [-0.1, -0.05) is 50.6 Å². The minimum Gasteiger partial charge on any atom is -0.304 e. The van der Waals surface area contributed by atoms with Crippen molar-refractivity contribution in [3.05, 3.63) is 51.5 Å². The molecular formula is C17H24N2S. The van der Waals surface area contributed by atoms with Crippen molar-refractivity contribution in [1.29, 1.82) is 0 Å². The predicted molar refractivity (Wildman–Crippen MR) is 87.2 cm³/mol. The van der Waals surface area contributed by atoms with Crippen molar-refractivity contribution in [2.45, 2.75) is 52.6 Å². The number of nitrogens with zero attached hydrogens (tertiary/aromatic N) is 1. The normalized spacial score (nSPS) is 13.4. The molecule has 3 heteroatoms. The number of rotatable bonds is 4. The second kappa shape index (κ2) is 6.06. The van der Waals surface area contributed by atoms with E-state index in [1.54, 1.807) is 11.3 Å². The zero-order valence-corrected chi connectivity index (χ0v) is 13.8. The molecule has 1 heterocycles. The van der Waals surface area contributed by atoms with Crippen molar-refractivity contribution in [1.82, 2.24) is 10.3 Å². The number of benzene rings is 1. The Balaban J connectivity index is 1.97. The number of thiazole rings is 1. The van der Waals surface area contributed by atoms with Gasteiger partial charge in [-0.2, -0.15) is 0 Å². The Bertz CT molecular complexity index is 566. The maximum absolute atomic E-state index is 4.72. The van der Waals surface area contributed by atoms with E-state index in [4.69, 9.17) is 4.98 Å². The quantitative estimate of drug-likeness (QED) is 0.889. The molecule has 108 valence electrons. The van der Waals surface area contributed by atoms with Crippen molar-refractivity contribution in [3.8, 4) is 0 Å². The van der Waals surface area contributed by atoms with Crippen molar-refractivity contribution in [3.63, 3.8) is 0 Å². The average molecular weight is 288 g/mol. The lowest BCUT2D eigenvalue weighted by molar-refractivity contribution is 0.554. The molecule has 1 atom stereocenters. The van der Waals surface area contributed by atoms with Gasteiger partial charge in [-0.25, -0.2) is 4.98 Å². The van der Waals surface area contributed by atoms with Gasteiger partial charge in [0.2, 0.25) is 0 Å². The highest BCUT2D eigenvalue weighted by molar-refractivity contribution is 7.09. The number of hydrogen-bond acceptors (Lipinski definition) is 3. The molecule has 0 saturated carbocycles. The lowest BCUT2D eigenvalue weighted by Crippen LogP contribution is -2.18. The fourth-order valence-electron chi connectivity index (χ4n) is 2.03. The second-order valence-electron chi connectivity index (χ2n) is 6.39. The summed E-state index contributed by atoms with van der Waals surface area (Å²) in [6.45, 7) is 11.8. The number of hydrogen-bond donors (Lipinski definition) is 1. The maximum Gasteiger partial charge on any atom is 0.107 e. The van der Waals surface area contributed by atoms with E-state index in [9.17, 15) is 0 Å². The topological polar surface area (TPSA) is 24.9 Å². The molecule has 0 bridgehead atoms. The molecule has 0 saturated heterocycles. The standard InChI is InChI=1S/C17H24N2S/c1-12-7-6-8-14(9-12)13(2)18-10-16-19-15(11-20-16)17(3,4)5/h6-9,11,13,18H,10H2,1-5H3/t13-/m1/s1. The minimum absolute atomic E-state index is 0.136. The number of aryl methyl sites for hydroxylation is 1. The van der Waals surface area contributed by atoms with Gasteiger partial charge in [0, 0.05) is 23.4 Å². The molecule has 2 nitrogen and oxygen atoms in total. The van der Waals surface area contributed by atoms with E-state index in [-0.39, 0.29) is 5.41 Å². The Hall–Kier alpha value is -1.19. The lowest BCUT2D eigenvalue weighted by Gasteiger charge is -2.15. The van der Waals surface area contributed by atoms with E-state index in [0.717, 1.165) is 11.6 Å². The van der Waals surface area contributed by atoms with Gasteiger partial charge in [-0.15, -0.1) is 11.3 Å². The zero-order valence-electron chi connectivity index (χ0n) is 13.0. The van der Waals surface area contributed by atoms with Crippen LogP contribution in [0.3, 0.4) is 0 Å². The molecule has 0 radical (unpaired) electrons. The molecular weight excluding hydrogens is 264 g/mol. The monoisotopic (exact) mass is 288 g/mol. The molecule has 20 heavy (non-hydrogen) atoms. The van der Waals surface area contributed by atoms with Gasteiger partial charge < -0.3 is 5.32 Å². The summed E-state index contributed by atoms with van der Waals surface area (Å²) >= 11 is 1.74. The summed E-state index contributed by atoms with van der Waals surface area (Å²) in [6.07, 6.45) is 0. The van der Waals surface area contributed by atoms with Crippen LogP contribution in [-0.4, -0.2) is 4.98 Å². The Morgan fingerprint density at radius 2 is 2.05 bits per heavy atom.